The molecule has 0 spiro atoms. The Morgan fingerprint density at radius 1 is 1.09 bits per heavy atom. The second-order valence-corrected chi connectivity index (χ2v) is 11.5. The molecule has 1 aromatic heterocycles. The number of aromatic nitrogens is 2. The zero-order valence-electron chi connectivity index (χ0n) is 18.9. The molecule has 2 aromatic carbocycles. The van der Waals surface area contributed by atoms with E-state index < -0.39 is 14.6 Å². The van der Waals surface area contributed by atoms with Crippen LogP contribution in [-0.4, -0.2) is 31.0 Å². The maximum Gasteiger partial charge on any atom is 0.319 e. The van der Waals surface area contributed by atoms with Crippen molar-refractivity contribution < 1.29 is 13.2 Å². The van der Waals surface area contributed by atoms with Crippen molar-refractivity contribution in [2.75, 3.05) is 17.6 Å². The van der Waals surface area contributed by atoms with Crippen LogP contribution in [0, 0.1) is 5.92 Å². The van der Waals surface area contributed by atoms with Gasteiger partial charge in [0.05, 0.1) is 10.6 Å². The predicted octanol–water partition coefficient (Wildman–Crippen LogP) is 4.62. The Morgan fingerprint density at radius 3 is 2.32 bits per heavy atom. The van der Waals surface area contributed by atoms with Gasteiger partial charge in [0.2, 0.25) is 0 Å². The van der Waals surface area contributed by atoms with Gasteiger partial charge in [-0.2, -0.15) is 0 Å². The van der Waals surface area contributed by atoms with Gasteiger partial charge in [-0.1, -0.05) is 25.4 Å². The number of nitrogens with zero attached hydrogens (tertiary/aromatic N) is 2. The normalized spacial score (nSPS) is 14.6. The standard InChI is InChI=1S/C24H26ClN5O3S/c1-15(2)14-27-23(31)28-18-7-3-16(4-8-18)22-29-20(13-21(26)30-22)24(11-12-24)34(32,33)19-9-5-17(25)6-10-19/h3-10,13,15H,11-12,14H2,1-2H3,(H2,26,29,30)(H2,27,28,31). The summed E-state index contributed by atoms with van der Waals surface area (Å²) in [7, 11) is -3.70. The molecule has 0 atom stereocenters. The van der Waals surface area contributed by atoms with Crippen molar-refractivity contribution in [3.8, 4) is 11.4 Å². The van der Waals surface area contributed by atoms with Crippen LogP contribution in [-0.2, 0) is 14.6 Å². The summed E-state index contributed by atoms with van der Waals surface area (Å²) in [6.45, 7) is 4.60. The van der Waals surface area contributed by atoms with Crippen molar-refractivity contribution in [1.29, 1.82) is 0 Å². The third kappa shape index (κ3) is 4.85. The van der Waals surface area contributed by atoms with Crippen LogP contribution < -0.4 is 16.4 Å². The summed E-state index contributed by atoms with van der Waals surface area (Å²) in [5.74, 6) is 0.859. The van der Waals surface area contributed by atoms with Gasteiger partial charge >= 0.3 is 6.03 Å². The topological polar surface area (TPSA) is 127 Å². The maximum atomic E-state index is 13.4. The number of benzene rings is 2. The molecule has 2 amide bonds. The number of hydrogen-bond donors (Lipinski definition) is 3. The lowest BCUT2D eigenvalue weighted by atomic mass is 10.1. The first-order chi connectivity index (χ1) is 16.1. The molecular formula is C24H26ClN5O3S. The first-order valence-electron chi connectivity index (χ1n) is 10.9. The van der Waals surface area contributed by atoms with Crippen molar-refractivity contribution in [2.45, 2.75) is 36.3 Å². The lowest BCUT2D eigenvalue weighted by Gasteiger charge is -2.17. The van der Waals surface area contributed by atoms with Gasteiger partial charge < -0.3 is 16.4 Å². The van der Waals surface area contributed by atoms with E-state index in [0.29, 0.717) is 53.1 Å². The van der Waals surface area contributed by atoms with Gasteiger partial charge in [-0.25, -0.2) is 23.2 Å². The van der Waals surface area contributed by atoms with Gasteiger partial charge in [-0.15, -0.1) is 0 Å². The number of amides is 2. The maximum absolute atomic E-state index is 13.4. The summed E-state index contributed by atoms with van der Waals surface area (Å²) in [6, 6.07) is 14.3. The number of rotatable bonds is 7. The predicted molar refractivity (Wildman–Crippen MR) is 133 cm³/mol. The van der Waals surface area contributed by atoms with Gasteiger partial charge in [0.1, 0.15) is 10.6 Å². The number of sulfone groups is 1. The quantitative estimate of drug-likeness (QED) is 0.435. The lowest BCUT2D eigenvalue weighted by molar-refractivity contribution is 0.251. The number of hydrogen-bond acceptors (Lipinski definition) is 6. The molecule has 4 rings (SSSR count). The van der Waals surface area contributed by atoms with Gasteiger partial charge in [0.25, 0.3) is 0 Å². The highest BCUT2D eigenvalue weighted by Gasteiger charge is 2.57. The van der Waals surface area contributed by atoms with Gasteiger partial charge in [-0.3, -0.25) is 0 Å². The molecule has 0 aliphatic heterocycles. The molecule has 1 saturated carbocycles. The van der Waals surface area contributed by atoms with Gasteiger partial charge in [-0.05, 0) is 67.3 Å². The van der Waals surface area contributed by atoms with Crippen molar-refractivity contribution >= 4 is 39.0 Å². The first-order valence-corrected chi connectivity index (χ1v) is 12.8. The molecule has 8 nitrogen and oxygen atoms in total. The molecule has 0 radical (unpaired) electrons. The minimum atomic E-state index is -3.70. The molecule has 1 heterocycles. The Balaban J connectivity index is 1.59. The monoisotopic (exact) mass is 499 g/mol. The molecule has 1 fully saturated rings. The van der Waals surface area contributed by atoms with Crippen LogP contribution in [0.1, 0.15) is 32.4 Å². The van der Waals surface area contributed by atoms with E-state index in [4.69, 9.17) is 17.3 Å². The SMILES string of the molecule is CC(C)CNC(=O)Nc1ccc(-c2nc(N)cc(C3(S(=O)(=O)c4ccc(Cl)cc4)CC3)n2)cc1. The number of carbonyl (C=O) groups excluding carboxylic acids is 1. The number of halogens is 1. The zero-order chi connectivity index (χ0) is 24.5. The van der Waals surface area contributed by atoms with Crippen molar-refractivity contribution in [1.82, 2.24) is 15.3 Å². The number of nitrogens with one attached hydrogen (secondary N) is 2. The zero-order valence-corrected chi connectivity index (χ0v) is 20.4. The molecular weight excluding hydrogens is 474 g/mol. The summed E-state index contributed by atoms with van der Waals surface area (Å²) in [6.07, 6.45) is 0.893. The highest BCUT2D eigenvalue weighted by Crippen LogP contribution is 2.55. The average molecular weight is 500 g/mol. The van der Waals surface area contributed by atoms with Crippen molar-refractivity contribution in [3.05, 3.63) is 65.3 Å². The largest absolute Gasteiger partial charge is 0.384 e. The van der Waals surface area contributed by atoms with E-state index in [1.165, 1.54) is 18.2 Å². The van der Waals surface area contributed by atoms with Crippen LogP contribution in [0.15, 0.2) is 59.5 Å². The van der Waals surface area contributed by atoms with Crippen LogP contribution >= 0.6 is 11.6 Å². The molecule has 34 heavy (non-hydrogen) atoms. The van der Waals surface area contributed by atoms with Crippen LogP contribution in [0.25, 0.3) is 11.4 Å². The summed E-state index contributed by atoms with van der Waals surface area (Å²) < 4.78 is 25.7. The smallest absolute Gasteiger partial charge is 0.319 e. The third-order valence-corrected chi connectivity index (χ3v) is 8.42. The second kappa shape index (κ2) is 9.23. The fraction of sp³-hybridized carbons (Fsp3) is 0.292. The molecule has 178 valence electrons. The highest BCUT2D eigenvalue weighted by atomic mass is 35.5. The first kappa shape index (κ1) is 24.0. The minimum Gasteiger partial charge on any atom is -0.384 e. The van der Waals surface area contributed by atoms with Crippen LogP contribution in [0.2, 0.25) is 5.02 Å². The molecule has 1 aliphatic carbocycles. The third-order valence-electron chi connectivity index (χ3n) is 5.63. The molecule has 0 bridgehead atoms. The van der Waals surface area contributed by atoms with E-state index in [0.717, 1.165) is 0 Å². The highest BCUT2D eigenvalue weighted by molar-refractivity contribution is 7.92. The number of carbonyl (C=O) groups is 1. The van der Waals surface area contributed by atoms with E-state index >= 15 is 0 Å². The molecule has 0 saturated heterocycles. The van der Waals surface area contributed by atoms with Gasteiger partial charge in [0.15, 0.2) is 15.7 Å². The Kier molecular flexibility index (Phi) is 6.51. The fourth-order valence-corrected chi connectivity index (χ4v) is 5.71. The van der Waals surface area contributed by atoms with E-state index in [2.05, 4.69) is 20.6 Å². The molecule has 3 aromatic rings. The van der Waals surface area contributed by atoms with Crippen molar-refractivity contribution in [3.63, 3.8) is 0 Å². The Labute approximate surface area is 203 Å². The number of urea groups is 1. The number of nitrogen functional groups attached to an aromatic ring is 1. The molecule has 0 unspecified atom stereocenters. The van der Waals surface area contributed by atoms with Crippen LogP contribution in [0.4, 0.5) is 16.3 Å². The Hall–Kier alpha value is -3.17. The van der Waals surface area contributed by atoms with Crippen LogP contribution in [0.5, 0.6) is 0 Å². The number of nitrogens with two attached hydrogens (primary N) is 1. The van der Waals surface area contributed by atoms with Crippen LogP contribution in [0.3, 0.4) is 0 Å². The minimum absolute atomic E-state index is 0.188. The Morgan fingerprint density at radius 2 is 1.74 bits per heavy atom. The van der Waals surface area contributed by atoms with E-state index in [1.54, 1.807) is 36.4 Å². The summed E-state index contributed by atoms with van der Waals surface area (Å²) in [4.78, 5) is 21.1. The van der Waals surface area contributed by atoms with Crippen molar-refractivity contribution in [2.24, 2.45) is 5.92 Å². The van der Waals surface area contributed by atoms with E-state index in [-0.39, 0.29) is 16.7 Å². The molecule has 4 N–H and O–H groups in total. The van der Waals surface area contributed by atoms with Gasteiger partial charge in [0, 0.05) is 28.9 Å². The average Bonchev–Trinajstić information content (AvgIpc) is 3.61. The summed E-state index contributed by atoms with van der Waals surface area (Å²) >= 11 is 5.93. The molecule has 10 heteroatoms. The lowest BCUT2D eigenvalue weighted by Crippen LogP contribution is -2.31. The Bertz CT molecular complexity index is 1310. The van der Waals surface area contributed by atoms with E-state index in [1.807, 2.05) is 13.8 Å². The number of anilines is 2. The summed E-state index contributed by atoms with van der Waals surface area (Å²) in [5.41, 5.74) is 7.69. The molecule has 1 aliphatic rings. The fourth-order valence-electron chi connectivity index (χ4n) is 3.62. The second-order valence-electron chi connectivity index (χ2n) is 8.76. The van der Waals surface area contributed by atoms with E-state index in [9.17, 15) is 13.2 Å². The summed E-state index contributed by atoms with van der Waals surface area (Å²) in [5, 5.41) is 6.03.